The van der Waals surface area contributed by atoms with Crippen molar-refractivity contribution in [2.75, 3.05) is 4.72 Å². The monoisotopic (exact) mass is 280 g/mol. The van der Waals surface area contributed by atoms with Gasteiger partial charge in [-0.2, -0.15) is 13.1 Å². The van der Waals surface area contributed by atoms with Gasteiger partial charge in [-0.1, -0.05) is 11.6 Å². The number of halogens is 2. The number of benzene rings is 1. The summed E-state index contributed by atoms with van der Waals surface area (Å²) in [6.45, 7) is 0. The summed E-state index contributed by atoms with van der Waals surface area (Å²) >= 11 is 5.52. The van der Waals surface area contributed by atoms with Gasteiger partial charge in [0.1, 0.15) is 5.82 Å². The quantitative estimate of drug-likeness (QED) is 0.733. The van der Waals surface area contributed by atoms with Crippen LogP contribution in [-0.4, -0.2) is 19.6 Å². The molecule has 1 saturated carbocycles. The SMILES string of the molecule is O=S(=O)(Nc1cc(F)cc(Cl)c1O)NC1CC1. The van der Waals surface area contributed by atoms with E-state index in [9.17, 15) is 17.9 Å². The maximum atomic E-state index is 13.0. The summed E-state index contributed by atoms with van der Waals surface area (Å²) in [7, 11) is -3.81. The zero-order valence-corrected chi connectivity index (χ0v) is 10.1. The Morgan fingerprint density at radius 1 is 1.41 bits per heavy atom. The summed E-state index contributed by atoms with van der Waals surface area (Å²) in [6, 6.07) is 1.66. The van der Waals surface area contributed by atoms with Crippen molar-refractivity contribution in [3.63, 3.8) is 0 Å². The second kappa shape index (κ2) is 4.32. The lowest BCUT2D eigenvalue weighted by Gasteiger charge is -2.10. The molecular weight excluding hydrogens is 271 g/mol. The second-order valence-corrected chi connectivity index (χ2v) is 5.64. The minimum Gasteiger partial charge on any atom is -0.504 e. The number of hydrogen-bond acceptors (Lipinski definition) is 3. The van der Waals surface area contributed by atoms with Gasteiger partial charge in [0.05, 0.1) is 10.7 Å². The van der Waals surface area contributed by atoms with Crippen LogP contribution in [0.4, 0.5) is 10.1 Å². The Morgan fingerprint density at radius 3 is 2.65 bits per heavy atom. The Bertz CT molecular complexity index is 545. The van der Waals surface area contributed by atoms with Crippen LogP contribution in [0.1, 0.15) is 12.8 Å². The molecule has 1 fully saturated rings. The number of hydrogen-bond donors (Lipinski definition) is 3. The largest absolute Gasteiger partial charge is 0.504 e. The number of nitrogens with one attached hydrogen (secondary N) is 2. The zero-order chi connectivity index (χ0) is 12.6. The van der Waals surface area contributed by atoms with Gasteiger partial charge in [-0.25, -0.2) is 4.39 Å². The van der Waals surface area contributed by atoms with Crippen molar-refractivity contribution < 1.29 is 17.9 Å². The Labute approximate surface area is 103 Å². The highest BCUT2D eigenvalue weighted by molar-refractivity contribution is 7.90. The first-order chi connectivity index (χ1) is 7.87. The van der Waals surface area contributed by atoms with E-state index in [1.807, 2.05) is 4.72 Å². The molecule has 0 amide bonds. The minimum atomic E-state index is -3.81. The van der Waals surface area contributed by atoms with E-state index in [4.69, 9.17) is 11.6 Å². The van der Waals surface area contributed by atoms with Crippen molar-refractivity contribution in [2.24, 2.45) is 0 Å². The maximum Gasteiger partial charge on any atom is 0.299 e. The van der Waals surface area contributed by atoms with E-state index in [-0.39, 0.29) is 16.8 Å². The highest BCUT2D eigenvalue weighted by atomic mass is 35.5. The summed E-state index contributed by atoms with van der Waals surface area (Å²) < 4.78 is 40.4. The minimum absolute atomic E-state index is 0.0846. The van der Waals surface area contributed by atoms with Crippen LogP contribution in [0.5, 0.6) is 5.75 Å². The smallest absolute Gasteiger partial charge is 0.299 e. The third-order valence-corrected chi connectivity index (χ3v) is 3.59. The molecule has 1 aromatic carbocycles. The molecule has 1 aromatic rings. The molecule has 8 heteroatoms. The van der Waals surface area contributed by atoms with Crippen LogP contribution in [0, 0.1) is 5.82 Å². The fourth-order valence-corrected chi connectivity index (χ4v) is 2.62. The third-order valence-electron chi connectivity index (χ3n) is 2.17. The van der Waals surface area contributed by atoms with Crippen LogP contribution in [0.3, 0.4) is 0 Å². The Kier molecular flexibility index (Phi) is 3.15. The first kappa shape index (κ1) is 12.4. The summed E-state index contributed by atoms with van der Waals surface area (Å²) in [4.78, 5) is 0. The highest BCUT2D eigenvalue weighted by Crippen LogP contribution is 2.33. The van der Waals surface area contributed by atoms with E-state index in [1.54, 1.807) is 0 Å². The third kappa shape index (κ3) is 3.21. The Balaban J connectivity index is 2.22. The van der Waals surface area contributed by atoms with E-state index >= 15 is 0 Å². The van der Waals surface area contributed by atoms with Gasteiger partial charge in [0.15, 0.2) is 5.75 Å². The number of rotatable bonds is 4. The molecule has 0 radical (unpaired) electrons. The van der Waals surface area contributed by atoms with Crippen molar-refractivity contribution in [3.8, 4) is 5.75 Å². The van der Waals surface area contributed by atoms with Gasteiger partial charge >= 0.3 is 0 Å². The van der Waals surface area contributed by atoms with E-state index in [0.29, 0.717) is 0 Å². The van der Waals surface area contributed by atoms with Crippen molar-refractivity contribution in [2.45, 2.75) is 18.9 Å². The first-order valence-electron chi connectivity index (χ1n) is 4.85. The summed E-state index contributed by atoms with van der Waals surface area (Å²) in [5.41, 5.74) is -0.289. The molecule has 1 aliphatic rings. The molecule has 0 unspecified atom stereocenters. The van der Waals surface area contributed by atoms with Gasteiger partial charge < -0.3 is 5.11 Å². The van der Waals surface area contributed by atoms with Crippen molar-refractivity contribution in [1.29, 1.82) is 0 Å². The maximum absolute atomic E-state index is 13.0. The number of phenols is 1. The van der Waals surface area contributed by atoms with Crippen LogP contribution in [0.15, 0.2) is 12.1 Å². The molecule has 0 heterocycles. The molecule has 0 aliphatic heterocycles. The molecule has 2 rings (SSSR count). The first-order valence-corrected chi connectivity index (χ1v) is 6.71. The normalized spacial score (nSPS) is 15.9. The Hall–Kier alpha value is -1.05. The Morgan fingerprint density at radius 2 is 2.06 bits per heavy atom. The van der Waals surface area contributed by atoms with Crippen molar-refractivity contribution >= 4 is 27.5 Å². The van der Waals surface area contributed by atoms with Crippen LogP contribution >= 0.6 is 11.6 Å². The predicted octanol–water partition coefficient (Wildman–Crippen LogP) is 1.59. The van der Waals surface area contributed by atoms with Crippen LogP contribution < -0.4 is 9.44 Å². The van der Waals surface area contributed by atoms with Crippen LogP contribution in [-0.2, 0) is 10.2 Å². The highest BCUT2D eigenvalue weighted by Gasteiger charge is 2.27. The summed E-state index contributed by atoms with van der Waals surface area (Å²) in [5.74, 6) is -1.24. The lowest BCUT2D eigenvalue weighted by atomic mass is 10.3. The van der Waals surface area contributed by atoms with E-state index in [0.717, 1.165) is 25.0 Å². The summed E-state index contributed by atoms with van der Waals surface area (Å²) in [6.07, 6.45) is 1.55. The topological polar surface area (TPSA) is 78.4 Å². The lowest BCUT2D eigenvalue weighted by molar-refractivity contribution is 0.476. The molecule has 0 aromatic heterocycles. The number of anilines is 1. The second-order valence-electron chi connectivity index (χ2n) is 3.78. The molecule has 94 valence electrons. The van der Waals surface area contributed by atoms with Gasteiger partial charge in [-0.3, -0.25) is 4.72 Å². The zero-order valence-electron chi connectivity index (χ0n) is 8.57. The lowest BCUT2D eigenvalue weighted by Crippen LogP contribution is -2.31. The van der Waals surface area contributed by atoms with Gasteiger partial charge in [-0.15, -0.1) is 0 Å². The molecule has 0 saturated heterocycles. The molecule has 0 bridgehead atoms. The molecular formula is C9H10ClFN2O3S. The molecule has 5 nitrogen and oxygen atoms in total. The number of aromatic hydroxyl groups is 1. The molecule has 1 aliphatic carbocycles. The van der Waals surface area contributed by atoms with Crippen molar-refractivity contribution in [1.82, 2.24) is 4.72 Å². The van der Waals surface area contributed by atoms with Crippen molar-refractivity contribution in [3.05, 3.63) is 23.0 Å². The molecule has 17 heavy (non-hydrogen) atoms. The van der Waals surface area contributed by atoms with E-state index in [1.165, 1.54) is 0 Å². The van der Waals surface area contributed by atoms with Gasteiger partial charge in [0.2, 0.25) is 0 Å². The number of phenolic OH excluding ortho intramolecular Hbond substituents is 1. The van der Waals surface area contributed by atoms with Gasteiger partial charge in [-0.05, 0) is 18.9 Å². The predicted molar refractivity (Wildman–Crippen MR) is 61.8 cm³/mol. The van der Waals surface area contributed by atoms with Gasteiger partial charge in [0.25, 0.3) is 10.2 Å². The van der Waals surface area contributed by atoms with Crippen LogP contribution in [0.2, 0.25) is 5.02 Å². The van der Waals surface area contributed by atoms with Gasteiger partial charge in [0, 0.05) is 12.1 Å². The fraction of sp³-hybridized carbons (Fsp3) is 0.333. The molecule has 3 N–H and O–H groups in total. The standard InChI is InChI=1S/C9H10ClFN2O3S/c10-7-3-5(11)4-8(9(7)14)13-17(15,16)12-6-1-2-6/h3-4,6,12-14H,1-2H2. The fourth-order valence-electron chi connectivity index (χ4n) is 1.24. The average molecular weight is 281 g/mol. The summed E-state index contributed by atoms with van der Waals surface area (Å²) in [5, 5.41) is 9.23. The molecule has 0 spiro atoms. The van der Waals surface area contributed by atoms with Crippen LogP contribution in [0.25, 0.3) is 0 Å². The average Bonchev–Trinajstić information content (AvgIpc) is 2.95. The van der Waals surface area contributed by atoms with E-state index in [2.05, 4.69) is 4.72 Å². The molecule has 0 atom stereocenters. The van der Waals surface area contributed by atoms with E-state index < -0.39 is 21.8 Å².